The fourth-order valence-corrected chi connectivity index (χ4v) is 2.59. The summed E-state index contributed by atoms with van der Waals surface area (Å²) in [5.74, 6) is 1.32. The maximum atomic E-state index is 11.6. The zero-order valence-corrected chi connectivity index (χ0v) is 12.2. The molecular formula is C12H14N2O7S. The number of aliphatic hydroxyl groups excluding tert-OH is 3. The van der Waals surface area contributed by atoms with Gasteiger partial charge in [0.2, 0.25) is 11.5 Å². The Balaban J connectivity index is 2.71. The van der Waals surface area contributed by atoms with Crippen molar-refractivity contribution in [2.75, 3.05) is 13.7 Å². The van der Waals surface area contributed by atoms with Crippen molar-refractivity contribution >= 4 is 18.2 Å². The van der Waals surface area contributed by atoms with Gasteiger partial charge in [-0.2, -0.15) is 0 Å². The molecule has 0 saturated carbocycles. The number of ether oxygens (including phenoxy) is 2. The number of methoxy groups -OCH3 is 1. The molecule has 2 heterocycles. The summed E-state index contributed by atoms with van der Waals surface area (Å²) in [6, 6.07) is 0. The van der Waals surface area contributed by atoms with Gasteiger partial charge in [-0.3, -0.25) is 14.3 Å². The molecule has 1 aliphatic heterocycles. The molecule has 0 amide bonds. The van der Waals surface area contributed by atoms with Crippen molar-refractivity contribution in [1.82, 2.24) is 9.55 Å². The molecular weight excluding hydrogens is 316 g/mol. The number of hydrogen-bond acceptors (Lipinski definition) is 8. The highest BCUT2D eigenvalue weighted by Crippen LogP contribution is 2.36. The number of hydrogen-bond donors (Lipinski definition) is 4. The molecule has 0 aromatic carbocycles. The maximum Gasteiger partial charge on any atom is 0.294 e. The molecule has 0 spiro atoms. The number of rotatable bonds is 4. The minimum atomic E-state index is -1.93. The van der Waals surface area contributed by atoms with E-state index in [0.717, 1.165) is 16.8 Å². The molecule has 1 aliphatic rings. The first-order valence-electron chi connectivity index (χ1n) is 6.18. The maximum absolute atomic E-state index is 11.6. The highest BCUT2D eigenvalue weighted by Gasteiger charge is 2.54. The number of aliphatic hydroxyl groups is 3. The molecule has 0 radical (unpaired) electrons. The van der Waals surface area contributed by atoms with Crippen LogP contribution in [0.2, 0.25) is 0 Å². The van der Waals surface area contributed by atoms with Crippen LogP contribution in [0.5, 0.6) is 5.75 Å². The van der Waals surface area contributed by atoms with Crippen molar-refractivity contribution in [1.29, 1.82) is 0 Å². The topological polar surface area (TPSA) is 134 Å². The van der Waals surface area contributed by atoms with Gasteiger partial charge in [-0.1, -0.05) is 0 Å². The molecule has 0 bridgehead atoms. The Labute approximate surface area is 129 Å². The zero-order valence-electron chi connectivity index (χ0n) is 11.4. The minimum absolute atomic E-state index is 0.148. The summed E-state index contributed by atoms with van der Waals surface area (Å²) in [4.78, 5) is 24.8. The van der Waals surface area contributed by atoms with Gasteiger partial charge in [0.25, 0.3) is 5.56 Å². The van der Waals surface area contributed by atoms with Crippen LogP contribution in [0.1, 0.15) is 0 Å². The van der Waals surface area contributed by atoms with E-state index in [1.54, 1.807) is 0 Å². The highest BCUT2D eigenvalue weighted by molar-refractivity contribution is 7.71. The largest absolute Gasteiger partial charge is 0.490 e. The average Bonchev–Trinajstić information content (AvgIpc) is 2.73. The van der Waals surface area contributed by atoms with Gasteiger partial charge in [0.1, 0.15) is 24.3 Å². The van der Waals surface area contributed by atoms with E-state index in [1.807, 2.05) is 0 Å². The van der Waals surface area contributed by atoms with Gasteiger partial charge in [-0.25, -0.2) is 4.79 Å². The van der Waals surface area contributed by atoms with Crippen molar-refractivity contribution in [3.63, 3.8) is 0 Å². The predicted octanol–water partition coefficient (Wildman–Crippen LogP) is -1.93. The second-order valence-corrected chi connectivity index (χ2v) is 5.00. The molecule has 1 saturated heterocycles. The van der Waals surface area contributed by atoms with Gasteiger partial charge in [-0.05, 0) is 12.2 Å². The molecule has 0 unspecified atom stereocenters. The second-order valence-electron chi connectivity index (χ2n) is 4.62. The number of aromatic nitrogens is 2. The first-order valence-corrected chi connectivity index (χ1v) is 6.59. The molecule has 9 nitrogen and oxygen atoms in total. The molecule has 1 fully saturated rings. The van der Waals surface area contributed by atoms with E-state index in [9.17, 15) is 24.9 Å². The van der Waals surface area contributed by atoms with Gasteiger partial charge in [0.15, 0.2) is 4.77 Å². The van der Waals surface area contributed by atoms with Crippen LogP contribution in [-0.2, 0) is 15.3 Å². The predicted molar refractivity (Wildman–Crippen MR) is 74.6 cm³/mol. The SMILES string of the molecule is COc1cn([C@]2(C=C=O)O[C@H](CO)[C@@H](O)[C@H]2O)c(=S)[nH]c1=O. The van der Waals surface area contributed by atoms with Crippen LogP contribution in [-0.4, -0.2) is 62.8 Å². The van der Waals surface area contributed by atoms with E-state index in [-0.39, 0.29) is 10.5 Å². The summed E-state index contributed by atoms with van der Waals surface area (Å²) in [6.45, 7) is -0.597. The van der Waals surface area contributed by atoms with E-state index in [1.165, 1.54) is 13.1 Å². The Kier molecular flexibility index (Phi) is 4.61. The van der Waals surface area contributed by atoms with Crippen LogP contribution in [0.15, 0.2) is 17.1 Å². The molecule has 10 heteroatoms. The van der Waals surface area contributed by atoms with Gasteiger partial charge in [-0.15, -0.1) is 0 Å². The number of aromatic amines is 1. The van der Waals surface area contributed by atoms with E-state index < -0.39 is 36.2 Å². The smallest absolute Gasteiger partial charge is 0.294 e. The molecule has 4 N–H and O–H groups in total. The van der Waals surface area contributed by atoms with Crippen molar-refractivity contribution in [2.45, 2.75) is 24.0 Å². The number of nitrogens with zero attached hydrogens (tertiary/aromatic N) is 1. The van der Waals surface area contributed by atoms with E-state index in [4.69, 9.17) is 21.7 Å². The van der Waals surface area contributed by atoms with Crippen molar-refractivity contribution in [2.24, 2.45) is 0 Å². The van der Waals surface area contributed by atoms with Crippen molar-refractivity contribution in [3.8, 4) is 5.75 Å². The molecule has 120 valence electrons. The number of H-pyrrole nitrogens is 1. The Bertz CT molecular complexity index is 723. The monoisotopic (exact) mass is 330 g/mol. The summed E-state index contributed by atoms with van der Waals surface area (Å²) < 4.78 is 11.2. The number of nitrogens with one attached hydrogen (secondary N) is 1. The summed E-state index contributed by atoms with van der Waals surface area (Å²) in [7, 11) is 1.25. The lowest BCUT2D eigenvalue weighted by molar-refractivity contribution is -0.113. The van der Waals surface area contributed by atoms with Crippen LogP contribution < -0.4 is 10.3 Å². The molecule has 0 aliphatic carbocycles. The minimum Gasteiger partial charge on any atom is -0.490 e. The third-order valence-electron chi connectivity index (χ3n) is 3.42. The van der Waals surface area contributed by atoms with Crippen LogP contribution >= 0.6 is 12.2 Å². The first kappa shape index (κ1) is 16.6. The van der Waals surface area contributed by atoms with Gasteiger partial charge < -0.3 is 24.8 Å². The van der Waals surface area contributed by atoms with E-state index in [0.29, 0.717) is 0 Å². The summed E-state index contributed by atoms with van der Waals surface area (Å²) in [6.07, 6.45) is -2.32. The van der Waals surface area contributed by atoms with Crippen molar-refractivity contribution in [3.05, 3.63) is 27.4 Å². The fourth-order valence-electron chi connectivity index (χ4n) is 2.31. The quantitative estimate of drug-likeness (QED) is 0.370. The third-order valence-corrected chi connectivity index (χ3v) is 3.72. The van der Waals surface area contributed by atoms with E-state index >= 15 is 0 Å². The molecule has 22 heavy (non-hydrogen) atoms. The molecule has 2 rings (SSSR count). The molecule has 1 aromatic heterocycles. The van der Waals surface area contributed by atoms with Crippen molar-refractivity contribution < 1.29 is 29.6 Å². The van der Waals surface area contributed by atoms with Gasteiger partial charge >= 0.3 is 0 Å². The Morgan fingerprint density at radius 3 is 2.82 bits per heavy atom. The molecule has 1 aromatic rings. The zero-order chi connectivity index (χ0) is 16.5. The highest BCUT2D eigenvalue weighted by atomic mass is 32.1. The Morgan fingerprint density at radius 2 is 2.32 bits per heavy atom. The fraction of sp³-hybridized carbons (Fsp3) is 0.500. The third kappa shape index (κ3) is 2.41. The Hall–Kier alpha value is -1.81. The lowest BCUT2D eigenvalue weighted by Crippen LogP contribution is -2.45. The normalized spacial score (nSPS) is 30.8. The number of carbonyl (C=O) groups excluding carboxylic acids is 1. The van der Waals surface area contributed by atoms with Crippen LogP contribution in [0, 0.1) is 4.77 Å². The van der Waals surface area contributed by atoms with Crippen LogP contribution in [0.25, 0.3) is 0 Å². The summed E-state index contributed by atoms with van der Waals surface area (Å²) in [5, 5.41) is 29.4. The Morgan fingerprint density at radius 1 is 1.64 bits per heavy atom. The molecule has 4 atom stereocenters. The van der Waals surface area contributed by atoms with Crippen LogP contribution in [0.3, 0.4) is 0 Å². The standard InChI is InChI=1S/C12H14N2O7S/c1-20-6-4-14(11(22)13-10(6)19)12(2-3-15)9(18)8(17)7(5-16)21-12/h2,4,7-9,16-18H,5H2,1H3,(H,13,19,22)/t7-,8-,9-,12-/m1/s1. The lowest BCUT2D eigenvalue weighted by atomic mass is 10.0. The summed E-state index contributed by atoms with van der Waals surface area (Å²) >= 11 is 5.00. The van der Waals surface area contributed by atoms with E-state index in [2.05, 4.69) is 4.98 Å². The lowest BCUT2D eigenvalue weighted by Gasteiger charge is -2.30. The van der Waals surface area contributed by atoms with Gasteiger partial charge in [0.05, 0.1) is 26.0 Å². The second kappa shape index (κ2) is 6.13. The first-order chi connectivity index (χ1) is 10.4. The summed E-state index contributed by atoms with van der Waals surface area (Å²) in [5.41, 5.74) is -2.54. The van der Waals surface area contributed by atoms with Gasteiger partial charge in [0, 0.05) is 0 Å². The average molecular weight is 330 g/mol. The van der Waals surface area contributed by atoms with Crippen LogP contribution in [0.4, 0.5) is 0 Å².